The Morgan fingerprint density at radius 2 is 1.71 bits per heavy atom. The largest absolute Gasteiger partial charge is 0.423 e. The van der Waals surface area contributed by atoms with Crippen LogP contribution in [0.4, 0.5) is 17.6 Å². The third-order valence-electron chi connectivity index (χ3n) is 5.07. The Labute approximate surface area is 178 Å². The number of halogens is 4. The van der Waals surface area contributed by atoms with Crippen LogP contribution >= 0.6 is 0 Å². The molecule has 0 atom stereocenters. The molecule has 0 bridgehead atoms. The fourth-order valence-electron chi connectivity index (χ4n) is 3.22. The summed E-state index contributed by atoms with van der Waals surface area (Å²) < 4.78 is 68.0. The van der Waals surface area contributed by atoms with Crippen molar-refractivity contribution in [2.45, 2.75) is 45.1 Å². The minimum Gasteiger partial charge on any atom is -0.423 e. The third-order valence-corrected chi connectivity index (χ3v) is 5.07. The molecule has 8 heteroatoms. The highest BCUT2D eigenvalue weighted by Gasteiger charge is 2.27. The minimum atomic E-state index is -4.32. The lowest BCUT2D eigenvalue weighted by Gasteiger charge is -2.28. The van der Waals surface area contributed by atoms with E-state index in [4.69, 9.17) is 14.2 Å². The van der Waals surface area contributed by atoms with Gasteiger partial charge in [0.15, 0.2) is 6.29 Å². The molecule has 2 aromatic carbocycles. The second-order valence-electron chi connectivity index (χ2n) is 7.55. The number of alkyl halides is 3. The van der Waals surface area contributed by atoms with Crippen LogP contribution in [-0.2, 0) is 22.3 Å². The maximum Gasteiger partial charge on any atom is 0.393 e. The predicted molar refractivity (Wildman–Crippen MR) is 105 cm³/mol. The van der Waals surface area contributed by atoms with Crippen molar-refractivity contribution in [1.82, 2.24) is 0 Å². The van der Waals surface area contributed by atoms with Gasteiger partial charge < -0.3 is 14.2 Å². The molecule has 0 amide bonds. The molecule has 4 nitrogen and oxygen atoms in total. The molecular formula is C23H24F4O4. The van der Waals surface area contributed by atoms with Gasteiger partial charge in [0.1, 0.15) is 11.6 Å². The first-order valence-electron chi connectivity index (χ1n) is 10.1. The smallest absolute Gasteiger partial charge is 0.393 e. The van der Waals surface area contributed by atoms with Gasteiger partial charge in [-0.15, -0.1) is 0 Å². The highest BCUT2D eigenvalue weighted by Crippen LogP contribution is 2.24. The van der Waals surface area contributed by atoms with Crippen molar-refractivity contribution in [1.29, 1.82) is 0 Å². The van der Waals surface area contributed by atoms with Gasteiger partial charge in [-0.2, -0.15) is 13.2 Å². The first-order chi connectivity index (χ1) is 14.7. The molecule has 1 heterocycles. The number of esters is 1. The zero-order chi connectivity index (χ0) is 22.4. The Morgan fingerprint density at radius 3 is 2.29 bits per heavy atom. The minimum absolute atomic E-state index is 0.0383. The average Bonchev–Trinajstić information content (AvgIpc) is 2.73. The van der Waals surface area contributed by atoms with Gasteiger partial charge in [0.05, 0.1) is 25.2 Å². The van der Waals surface area contributed by atoms with E-state index >= 15 is 0 Å². The number of carbonyl (C=O) groups excluding carboxylic acids is 1. The molecule has 0 aliphatic carbocycles. The zero-order valence-electron chi connectivity index (χ0n) is 17.1. The van der Waals surface area contributed by atoms with Crippen LogP contribution in [0.15, 0.2) is 42.5 Å². The fraction of sp³-hybridized carbons (Fsp3) is 0.435. The summed E-state index contributed by atoms with van der Waals surface area (Å²) in [4.78, 5) is 12.2. The zero-order valence-corrected chi connectivity index (χ0v) is 17.1. The van der Waals surface area contributed by atoms with Gasteiger partial charge in [0.25, 0.3) is 0 Å². The molecule has 0 unspecified atom stereocenters. The van der Waals surface area contributed by atoms with Gasteiger partial charge in [-0.1, -0.05) is 25.1 Å². The van der Waals surface area contributed by atoms with E-state index in [-0.39, 0.29) is 23.2 Å². The lowest BCUT2D eigenvalue weighted by molar-refractivity contribution is -0.202. The highest BCUT2D eigenvalue weighted by molar-refractivity contribution is 5.91. The molecule has 0 saturated carbocycles. The summed E-state index contributed by atoms with van der Waals surface area (Å²) in [7, 11) is 0. The molecule has 31 heavy (non-hydrogen) atoms. The number of aryl methyl sites for hydroxylation is 1. The van der Waals surface area contributed by atoms with Gasteiger partial charge in [0, 0.05) is 12.3 Å². The van der Waals surface area contributed by atoms with E-state index in [2.05, 4.69) is 6.92 Å². The van der Waals surface area contributed by atoms with Crippen molar-refractivity contribution < 1.29 is 36.6 Å². The fourth-order valence-corrected chi connectivity index (χ4v) is 3.22. The van der Waals surface area contributed by atoms with Gasteiger partial charge >= 0.3 is 12.1 Å². The number of rotatable bonds is 7. The van der Waals surface area contributed by atoms with Crippen LogP contribution in [0.2, 0.25) is 0 Å². The predicted octanol–water partition coefficient (Wildman–Crippen LogP) is 5.48. The van der Waals surface area contributed by atoms with Crippen molar-refractivity contribution in [2.24, 2.45) is 5.92 Å². The van der Waals surface area contributed by atoms with Crippen LogP contribution in [-0.4, -0.2) is 31.6 Å². The Hall–Kier alpha value is -2.45. The van der Waals surface area contributed by atoms with Crippen LogP contribution in [0.3, 0.4) is 0 Å². The van der Waals surface area contributed by atoms with Crippen molar-refractivity contribution >= 4 is 5.97 Å². The number of hydrogen-bond acceptors (Lipinski definition) is 4. The van der Waals surface area contributed by atoms with E-state index in [1.165, 1.54) is 36.4 Å². The highest BCUT2D eigenvalue weighted by atomic mass is 19.4. The van der Waals surface area contributed by atoms with E-state index in [1.54, 1.807) is 6.07 Å². The molecule has 0 radical (unpaired) electrons. The first kappa shape index (κ1) is 23.2. The molecule has 2 aromatic rings. The Balaban J connectivity index is 1.54. The van der Waals surface area contributed by atoms with Crippen molar-refractivity contribution in [2.75, 3.05) is 13.2 Å². The summed E-state index contributed by atoms with van der Waals surface area (Å²) in [6.45, 7) is 3.38. The molecule has 1 fully saturated rings. The molecule has 1 saturated heterocycles. The number of benzene rings is 2. The Morgan fingerprint density at radius 1 is 1.06 bits per heavy atom. The lowest BCUT2D eigenvalue weighted by atomic mass is 10.1. The summed E-state index contributed by atoms with van der Waals surface area (Å²) in [6, 6.07) is 9.16. The second-order valence-corrected chi connectivity index (χ2v) is 7.55. The molecule has 1 aliphatic rings. The van der Waals surface area contributed by atoms with E-state index in [0.29, 0.717) is 37.5 Å². The number of hydrogen-bond donors (Lipinski definition) is 0. The van der Waals surface area contributed by atoms with E-state index in [0.717, 1.165) is 6.42 Å². The molecule has 0 N–H and O–H groups in total. The summed E-state index contributed by atoms with van der Waals surface area (Å²) >= 11 is 0. The van der Waals surface area contributed by atoms with Crippen LogP contribution < -0.4 is 4.74 Å². The topological polar surface area (TPSA) is 44.8 Å². The normalized spacial score (nSPS) is 19.3. The first-order valence-corrected chi connectivity index (χ1v) is 10.1. The van der Waals surface area contributed by atoms with Crippen molar-refractivity contribution in [3.05, 3.63) is 65.0 Å². The maximum atomic E-state index is 14.4. The second kappa shape index (κ2) is 10.2. The molecule has 0 spiro atoms. The quantitative estimate of drug-likeness (QED) is 0.325. The molecular weight excluding hydrogens is 416 g/mol. The van der Waals surface area contributed by atoms with Crippen LogP contribution in [0.1, 0.15) is 41.3 Å². The van der Waals surface area contributed by atoms with Crippen LogP contribution in [0.5, 0.6) is 5.75 Å². The molecule has 0 aromatic heterocycles. The average molecular weight is 440 g/mol. The number of ether oxygens (including phenoxy) is 3. The summed E-state index contributed by atoms with van der Waals surface area (Å²) in [5.74, 6) is -1.21. The lowest BCUT2D eigenvalue weighted by Crippen LogP contribution is -2.32. The Bertz CT molecular complexity index is 872. The third kappa shape index (κ3) is 7.04. The van der Waals surface area contributed by atoms with Gasteiger partial charge in [-0.3, -0.25) is 0 Å². The molecule has 3 rings (SSSR count). The van der Waals surface area contributed by atoms with Gasteiger partial charge in [-0.05, 0) is 48.2 Å². The summed E-state index contributed by atoms with van der Waals surface area (Å²) in [5, 5.41) is 0. The SMILES string of the molecule is CCC1COC(CCc2ccc(C(=O)Oc3ccc(CC(F)(F)F)cc3)c(F)c2)OC1. The van der Waals surface area contributed by atoms with Gasteiger partial charge in [0.2, 0.25) is 0 Å². The van der Waals surface area contributed by atoms with Crippen molar-refractivity contribution in [3.63, 3.8) is 0 Å². The van der Waals surface area contributed by atoms with Crippen LogP contribution in [0.25, 0.3) is 0 Å². The van der Waals surface area contributed by atoms with E-state index in [9.17, 15) is 22.4 Å². The van der Waals surface area contributed by atoms with E-state index in [1.807, 2.05) is 0 Å². The molecule has 1 aliphatic heterocycles. The maximum absolute atomic E-state index is 14.4. The Kier molecular flexibility index (Phi) is 7.67. The van der Waals surface area contributed by atoms with Gasteiger partial charge in [-0.25, -0.2) is 9.18 Å². The monoisotopic (exact) mass is 440 g/mol. The van der Waals surface area contributed by atoms with E-state index < -0.39 is 24.4 Å². The molecule has 168 valence electrons. The standard InChI is InChI=1S/C23H24F4O4/c1-2-15-13-29-21(30-14-15)10-6-16-5-9-19(20(24)11-16)22(28)31-18-7-3-17(4-8-18)12-23(25,26)27/h3-5,7-9,11,15,21H,2,6,10,12-14H2,1H3. The summed E-state index contributed by atoms with van der Waals surface area (Å²) in [6.07, 6.45) is -3.63. The summed E-state index contributed by atoms with van der Waals surface area (Å²) in [5.41, 5.74) is 0.480. The van der Waals surface area contributed by atoms with Crippen molar-refractivity contribution in [3.8, 4) is 5.75 Å². The number of carbonyl (C=O) groups is 1. The van der Waals surface area contributed by atoms with Crippen LogP contribution in [0, 0.1) is 11.7 Å².